The van der Waals surface area contributed by atoms with Gasteiger partial charge in [0.2, 0.25) is 0 Å². The van der Waals surface area contributed by atoms with E-state index in [0.717, 1.165) is 16.7 Å². The number of ether oxygens (including phenoxy) is 1. The van der Waals surface area contributed by atoms with Crippen molar-refractivity contribution in [2.45, 2.75) is 20.4 Å². The zero-order valence-corrected chi connectivity index (χ0v) is 20.2. The van der Waals surface area contributed by atoms with Crippen molar-refractivity contribution < 1.29 is 9.53 Å². The number of hydrogen-bond acceptors (Lipinski definition) is 5. The molecule has 0 bridgehead atoms. The van der Waals surface area contributed by atoms with Gasteiger partial charge < -0.3 is 10.5 Å². The van der Waals surface area contributed by atoms with Gasteiger partial charge >= 0.3 is 5.69 Å². The highest BCUT2D eigenvalue weighted by Crippen LogP contribution is 2.30. The van der Waals surface area contributed by atoms with Crippen molar-refractivity contribution in [2.24, 2.45) is 5.73 Å². The Balaban J connectivity index is 1.89. The quantitative estimate of drug-likeness (QED) is 0.396. The lowest BCUT2D eigenvalue weighted by atomic mass is 10.1. The van der Waals surface area contributed by atoms with Gasteiger partial charge in [-0.2, -0.15) is 0 Å². The number of nitrogens with zero attached hydrogens (tertiary/aromatic N) is 4. The van der Waals surface area contributed by atoms with E-state index in [1.54, 1.807) is 19.2 Å². The maximum absolute atomic E-state index is 13.9. The molecule has 180 valence electrons. The smallest absolute Gasteiger partial charge is 0.335 e. The second kappa shape index (κ2) is 9.14. The van der Waals surface area contributed by atoms with E-state index in [2.05, 4.69) is 4.98 Å². The van der Waals surface area contributed by atoms with Gasteiger partial charge in [0.1, 0.15) is 11.3 Å². The van der Waals surface area contributed by atoms with Crippen molar-refractivity contribution in [3.05, 3.63) is 106 Å². The monoisotopic (exact) mass is 479 g/mol. The molecule has 0 aliphatic rings. The summed E-state index contributed by atoms with van der Waals surface area (Å²) in [6, 6.07) is 22.5. The topological polar surface area (TPSA) is 105 Å². The van der Waals surface area contributed by atoms with E-state index in [1.807, 2.05) is 74.5 Å². The molecule has 0 atom stereocenters. The molecule has 3 aromatic carbocycles. The number of benzene rings is 3. The number of carbonyl (C=O) groups excluding carboxylic acids is 1. The Morgan fingerprint density at radius 1 is 0.944 bits per heavy atom. The minimum absolute atomic E-state index is 0.0310. The van der Waals surface area contributed by atoms with Gasteiger partial charge in [-0.1, -0.05) is 48.5 Å². The Labute approximate surface area is 207 Å². The molecule has 2 N–H and O–H groups in total. The molecule has 0 saturated carbocycles. The van der Waals surface area contributed by atoms with Crippen LogP contribution in [0.1, 0.15) is 27.2 Å². The molecule has 0 saturated heterocycles. The zero-order valence-electron chi connectivity index (χ0n) is 20.2. The summed E-state index contributed by atoms with van der Waals surface area (Å²) in [7, 11) is 1.55. The molecule has 8 heteroatoms. The Kier molecular flexibility index (Phi) is 5.85. The fourth-order valence-electron chi connectivity index (χ4n) is 4.29. The van der Waals surface area contributed by atoms with Crippen LogP contribution < -0.4 is 16.2 Å². The molecule has 2 heterocycles. The Bertz CT molecular complexity index is 1670. The first-order valence-electron chi connectivity index (χ1n) is 11.5. The van der Waals surface area contributed by atoms with Crippen molar-refractivity contribution >= 4 is 17.1 Å². The molecular weight excluding hydrogens is 454 g/mol. The highest BCUT2D eigenvalue weighted by Gasteiger charge is 2.25. The average Bonchev–Trinajstić information content (AvgIpc) is 3.16. The SMILES string of the molecule is COc1ccccc1-c1nc(C(N)=O)c2c(n1)n(-c1ccc(C)c(C)c1)c(=O)n2Cc1ccccc1. The third-order valence-electron chi connectivity index (χ3n) is 6.28. The van der Waals surface area contributed by atoms with Crippen LogP contribution in [-0.2, 0) is 6.54 Å². The molecule has 0 spiro atoms. The predicted molar refractivity (Wildman–Crippen MR) is 139 cm³/mol. The van der Waals surface area contributed by atoms with Crippen LogP contribution in [0.15, 0.2) is 77.6 Å². The predicted octanol–water partition coefficient (Wildman–Crippen LogP) is 4.02. The molecular formula is C28H25N5O3. The van der Waals surface area contributed by atoms with E-state index in [4.69, 9.17) is 15.5 Å². The number of para-hydroxylation sites is 1. The van der Waals surface area contributed by atoms with Crippen LogP contribution in [0.25, 0.3) is 28.2 Å². The van der Waals surface area contributed by atoms with Crippen molar-refractivity contribution in [1.29, 1.82) is 0 Å². The average molecular weight is 480 g/mol. The van der Waals surface area contributed by atoms with Crippen molar-refractivity contribution in [3.8, 4) is 22.8 Å². The Morgan fingerprint density at radius 2 is 1.67 bits per heavy atom. The summed E-state index contributed by atoms with van der Waals surface area (Å²) in [6.45, 7) is 4.22. The van der Waals surface area contributed by atoms with Crippen LogP contribution in [0.3, 0.4) is 0 Å². The fraction of sp³-hybridized carbons (Fsp3) is 0.143. The highest BCUT2D eigenvalue weighted by molar-refractivity contribution is 6.02. The number of aromatic nitrogens is 4. The molecule has 8 nitrogen and oxygen atoms in total. The van der Waals surface area contributed by atoms with E-state index in [1.165, 1.54) is 9.13 Å². The number of hydrogen-bond donors (Lipinski definition) is 1. The van der Waals surface area contributed by atoms with E-state index in [9.17, 15) is 9.59 Å². The second-order valence-corrected chi connectivity index (χ2v) is 8.59. The lowest BCUT2D eigenvalue weighted by Crippen LogP contribution is -2.24. The van der Waals surface area contributed by atoms with Gasteiger partial charge in [0.15, 0.2) is 17.2 Å². The van der Waals surface area contributed by atoms with Crippen LogP contribution >= 0.6 is 0 Å². The fourth-order valence-corrected chi connectivity index (χ4v) is 4.29. The molecule has 5 aromatic rings. The summed E-state index contributed by atoms with van der Waals surface area (Å²) >= 11 is 0. The van der Waals surface area contributed by atoms with Crippen LogP contribution in [0, 0.1) is 13.8 Å². The summed E-state index contributed by atoms with van der Waals surface area (Å²) in [6.07, 6.45) is 0. The van der Waals surface area contributed by atoms with Crippen LogP contribution in [-0.4, -0.2) is 32.1 Å². The van der Waals surface area contributed by atoms with E-state index in [-0.39, 0.29) is 29.3 Å². The molecule has 0 aliphatic heterocycles. The van der Waals surface area contributed by atoms with Crippen LogP contribution in [0.2, 0.25) is 0 Å². The number of imidazole rings is 1. The first kappa shape index (κ1) is 23.0. The van der Waals surface area contributed by atoms with Gasteiger partial charge in [0.25, 0.3) is 5.91 Å². The van der Waals surface area contributed by atoms with Gasteiger partial charge in [-0.3, -0.25) is 9.36 Å². The number of methoxy groups -OCH3 is 1. The first-order valence-corrected chi connectivity index (χ1v) is 11.5. The molecule has 0 unspecified atom stereocenters. The van der Waals surface area contributed by atoms with E-state index < -0.39 is 5.91 Å². The maximum Gasteiger partial charge on any atom is 0.335 e. The molecule has 0 fully saturated rings. The Morgan fingerprint density at radius 3 is 2.36 bits per heavy atom. The zero-order chi connectivity index (χ0) is 25.4. The van der Waals surface area contributed by atoms with Crippen LogP contribution in [0.4, 0.5) is 0 Å². The maximum atomic E-state index is 13.9. The van der Waals surface area contributed by atoms with Gasteiger partial charge in [-0.05, 0) is 54.8 Å². The number of primary amides is 1. The summed E-state index contributed by atoms with van der Waals surface area (Å²) in [5.74, 6) is 0.0249. The molecule has 0 radical (unpaired) electrons. The summed E-state index contributed by atoms with van der Waals surface area (Å²) < 4.78 is 8.51. The summed E-state index contributed by atoms with van der Waals surface area (Å²) in [5.41, 5.74) is 10.3. The summed E-state index contributed by atoms with van der Waals surface area (Å²) in [4.78, 5) is 35.9. The largest absolute Gasteiger partial charge is 0.496 e. The van der Waals surface area contributed by atoms with Crippen molar-refractivity contribution in [2.75, 3.05) is 7.11 Å². The normalized spacial score (nSPS) is 11.1. The van der Waals surface area contributed by atoms with E-state index in [0.29, 0.717) is 22.6 Å². The lowest BCUT2D eigenvalue weighted by molar-refractivity contribution is 0.0997. The lowest BCUT2D eigenvalue weighted by Gasteiger charge is -2.10. The number of amides is 1. The standard InChI is InChI=1S/C28H25N5O3/c1-17-13-14-20(15-18(17)2)33-27-24(32(28(33)35)16-19-9-5-4-6-10-19)23(25(29)34)30-26(31-27)21-11-7-8-12-22(21)36-3/h4-15H,16H2,1-3H3,(H2,29,34). The third kappa shape index (κ3) is 3.92. The van der Waals surface area contributed by atoms with E-state index >= 15 is 0 Å². The van der Waals surface area contributed by atoms with Crippen molar-refractivity contribution in [3.63, 3.8) is 0 Å². The highest BCUT2D eigenvalue weighted by atomic mass is 16.5. The molecule has 36 heavy (non-hydrogen) atoms. The number of fused-ring (bicyclic) bond motifs is 1. The minimum atomic E-state index is -0.752. The Hall–Kier alpha value is -4.72. The first-order chi connectivity index (χ1) is 17.4. The second-order valence-electron chi connectivity index (χ2n) is 8.59. The van der Waals surface area contributed by atoms with Gasteiger partial charge in [-0.25, -0.2) is 19.3 Å². The molecule has 0 aliphatic carbocycles. The molecule has 5 rings (SSSR count). The summed E-state index contributed by atoms with van der Waals surface area (Å²) in [5, 5.41) is 0. The molecule has 2 aromatic heterocycles. The third-order valence-corrected chi connectivity index (χ3v) is 6.28. The van der Waals surface area contributed by atoms with Crippen molar-refractivity contribution in [1.82, 2.24) is 19.1 Å². The number of rotatable bonds is 6. The minimum Gasteiger partial charge on any atom is -0.496 e. The number of carbonyl (C=O) groups is 1. The van der Waals surface area contributed by atoms with Gasteiger partial charge in [-0.15, -0.1) is 0 Å². The number of aryl methyl sites for hydroxylation is 2. The number of nitrogens with two attached hydrogens (primary N) is 1. The van der Waals surface area contributed by atoms with Gasteiger partial charge in [0.05, 0.1) is 24.9 Å². The van der Waals surface area contributed by atoms with Crippen LogP contribution in [0.5, 0.6) is 5.75 Å². The molecule has 1 amide bonds. The van der Waals surface area contributed by atoms with Gasteiger partial charge in [0, 0.05) is 0 Å².